The molecule has 0 spiro atoms. The minimum absolute atomic E-state index is 0.0988. The molecule has 0 aromatic heterocycles. The number of aliphatic carboxylic acids is 1. The van der Waals surface area contributed by atoms with Gasteiger partial charge in [0, 0.05) is 24.7 Å². The highest BCUT2D eigenvalue weighted by Gasteiger charge is 2.32. The number of carboxylic acid groups (broad SMARTS) is 1. The number of aryl methyl sites for hydroxylation is 1. The minimum Gasteiger partial charge on any atom is -0.481 e. The first-order valence-electron chi connectivity index (χ1n) is 5.30. The smallest absolute Gasteiger partial charge is 0.303 e. The van der Waals surface area contributed by atoms with Crippen molar-refractivity contribution in [1.82, 2.24) is 0 Å². The fourth-order valence-electron chi connectivity index (χ4n) is 1.72. The van der Waals surface area contributed by atoms with E-state index in [0.29, 0.717) is 17.9 Å². The van der Waals surface area contributed by atoms with Gasteiger partial charge in [-0.05, 0) is 24.1 Å². The van der Waals surface area contributed by atoms with E-state index in [-0.39, 0.29) is 6.42 Å². The summed E-state index contributed by atoms with van der Waals surface area (Å²) in [5, 5.41) is 8.67. The summed E-state index contributed by atoms with van der Waals surface area (Å²) >= 11 is 3.41. The van der Waals surface area contributed by atoms with Crippen molar-refractivity contribution in [3.8, 4) is 11.5 Å². The molecule has 5 heteroatoms. The van der Waals surface area contributed by atoms with Gasteiger partial charge >= 0.3 is 5.97 Å². The van der Waals surface area contributed by atoms with Gasteiger partial charge in [0.25, 0.3) is 0 Å². The molecule has 0 fully saturated rings. The molecule has 0 unspecified atom stereocenters. The Balaban J connectivity index is 2.24. The van der Waals surface area contributed by atoms with Gasteiger partial charge in [0.05, 0.1) is 0 Å². The summed E-state index contributed by atoms with van der Waals surface area (Å²) in [6.45, 7) is 3.66. The lowest BCUT2D eigenvalue weighted by molar-refractivity contribution is -0.136. The number of rotatable bonds is 3. The summed E-state index contributed by atoms with van der Waals surface area (Å²) in [4.78, 5) is 10.5. The lowest BCUT2D eigenvalue weighted by Crippen LogP contribution is -2.29. The second kappa shape index (κ2) is 4.22. The van der Waals surface area contributed by atoms with Crippen molar-refractivity contribution in [3.63, 3.8) is 0 Å². The predicted octanol–water partition coefficient (Wildman–Crippen LogP) is 2.97. The molecule has 0 amide bonds. The lowest BCUT2D eigenvalue weighted by atomic mass is 10.1. The van der Waals surface area contributed by atoms with E-state index >= 15 is 0 Å². The topological polar surface area (TPSA) is 55.8 Å². The Morgan fingerprint density at radius 1 is 1.35 bits per heavy atom. The lowest BCUT2D eigenvalue weighted by Gasteiger charge is -2.16. The van der Waals surface area contributed by atoms with Gasteiger partial charge in [-0.2, -0.15) is 0 Å². The number of fused-ring (bicyclic) bond motifs is 1. The summed E-state index contributed by atoms with van der Waals surface area (Å²) in [5.74, 6) is -0.123. The van der Waals surface area contributed by atoms with Crippen molar-refractivity contribution in [1.29, 1.82) is 0 Å². The Morgan fingerprint density at radius 2 is 1.94 bits per heavy atom. The van der Waals surface area contributed by atoms with Crippen molar-refractivity contribution in [3.05, 3.63) is 22.2 Å². The van der Waals surface area contributed by atoms with Crippen LogP contribution in [0.2, 0.25) is 0 Å². The standard InChI is InChI=1S/C12H13BrO4/c1-12(2)16-9-5-7(3-4-11(14)15)8(13)6-10(9)17-12/h5-6H,3-4H2,1-2H3,(H,14,15). The molecule has 1 aliphatic heterocycles. The molecular formula is C12H13BrO4. The number of hydrogen-bond donors (Lipinski definition) is 1. The summed E-state index contributed by atoms with van der Waals surface area (Å²) in [6.07, 6.45) is 0.564. The van der Waals surface area contributed by atoms with Crippen molar-refractivity contribution < 1.29 is 19.4 Å². The van der Waals surface area contributed by atoms with E-state index < -0.39 is 11.8 Å². The summed E-state index contributed by atoms with van der Waals surface area (Å²) < 4.78 is 12.0. The van der Waals surface area contributed by atoms with Crippen LogP contribution in [0.4, 0.5) is 0 Å². The number of halogens is 1. The third-order valence-corrected chi connectivity index (χ3v) is 3.17. The van der Waals surface area contributed by atoms with Crippen LogP contribution >= 0.6 is 15.9 Å². The highest BCUT2D eigenvalue weighted by atomic mass is 79.9. The second-order valence-electron chi connectivity index (χ2n) is 4.39. The Kier molecular flexibility index (Phi) is 3.03. The molecule has 2 rings (SSSR count). The Labute approximate surface area is 108 Å². The van der Waals surface area contributed by atoms with Crippen LogP contribution in [-0.2, 0) is 11.2 Å². The summed E-state index contributed by atoms with van der Waals surface area (Å²) in [6, 6.07) is 3.65. The van der Waals surface area contributed by atoms with E-state index in [2.05, 4.69) is 15.9 Å². The predicted molar refractivity (Wildman–Crippen MR) is 65.4 cm³/mol. The molecule has 1 aromatic carbocycles. The van der Waals surface area contributed by atoms with Crippen LogP contribution in [0.15, 0.2) is 16.6 Å². The van der Waals surface area contributed by atoms with Crippen LogP contribution in [0.5, 0.6) is 11.5 Å². The van der Waals surface area contributed by atoms with Crippen LogP contribution in [-0.4, -0.2) is 16.9 Å². The summed E-state index contributed by atoms with van der Waals surface area (Å²) in [7, 11) is 0. The molecule has 0 bridgehead atoms. The number of ether oxygens (including phenoxy) is 2. The first kappa shape index (κ1) is 12.2. The van der Waals surface area contributed by atoms with Gasteiger partial charge in [-0.1, -0.05) is 15.9 Å². The molecule has 1 N–H and O–H groups in total. The van der Waals surface area contributed by atoms with Gasteiger partial charge in [-0.3, -0.25) is 4.79 Å². The van der Waals surface area contributed by atoms with E-state index in [0.717, 1.165) is 10.0 Å². The van der Waals surface area contributed by atoms with Gasteiger partial charge in [0.2, 0.25) is 5.79 Å². The Bertz CT molecular complexity index is 468. The number of carboxylic acids is 1. The molecule has 0 atom stereocenters. The van der Waals surface area contributed by atoms with Crippen LogP contribution in [0.25, 0.3) is 0 Å². The molecular weight excluding hydrogens is 288 g/mol. The van der Waals surface area contributed by atoms with Gasteiger partial charge in [-0.25, -0.2) is 0 Å². The Hall–Kier alpha value is -1.23. The molecule has 17 heavy (non-hydrogen) atoms. The van der Waals surface area contributed by atoms with Crippen molar-refractivity contribution >= 4 is 21.9 Å². The SMILES string of the molecule is CC1(C)Oc2cc(Br)c(CCC(=O)O)cc2O1. The van der Waals surface area contributed by atoms with E-state index in [1.54, 1.807) is 0 Å². The highest BCUT2D eigenvalue weighted by Crippen LogP contribution is 2.42. The molecule has 0 saturated heterocycles. The number of benzene rings is 1. The third-order valence-electron chi connectivity index (χ3n) is 2.43. The van der Waals surface area contributed by atoms with Gasteiger partial charge in [0.15, 0.2) is 11.5 Å². The maximum Gasteiger partial charge on any atom is 0.303 e. The normalized spacial score (nSPS) is 15.9. The molecule has 4 nitrogen and oxygen atoms in total. The fraction of sp³-hybridized carbons (Fsp3) is 0.417. The maximum atomic E-state index is 10.5. The average molecular weight is 301 g/mol. The van der Waals surface area contributed by atoms with Crippen molar-refractivity contribution in [2.24, 2.45) is 0 Å². The zero-order valence-corrected chi connectivity index (χ0v) is 11.2. The van der Waals surface area contributed by atoms with Gasteiger partial charge in [-0.15, -0.1) is 0 Å². The van der Waals surface area contributed by atoms with Crippen molar-refractivity contribution in [2.45, 2.75) is 32.5 Å². The quantitative estimate of drug-likeness (QED) is 0.932. The molecule has 0 aliphatic carbocycles. The van der Waals surface area contributed by atoms with Gasteiger partial charge < -0.3 is 14.6 Å². The maximum absolute atomic E-state index is 10.5. The van der Waals surface area contributed by atoms with E-state index in [1.165, 1.54) is 0 Å². The molecule has 0 radical (unpaired) electrons. The first-order valence-corrected chi connectivity index (χ1v) is 6.09. The molecule has 1 aliphatic rings. The molecule has 92 valence electrons. The van der Waals surface area contributed by atoms with Crippen LogP contribution in [0.3, 0.4) is 0 Å². The highest BCUT2D eigenvalue weighted by molar-refractivity contribution is 9.10. The first-order chi connectivity index (χ1) is 7.87. The molecule has 1 heterocycles. The third kappa shape index (κ3) is 2.72. The second-order valence-corrected chi connectivity index (χ2v) is 5.24. The number of carbonyl (C=O) groups is 1. The minimum atomic E-state index is -0.810. The zero-order valence-electron chi connectivity index (χ0n) is 9.62. The van der Waals surface area contributed by atoms with Gasteiger partial charge in [0.1, 0.15) is 0 Å². The van der Waals surface area contributed by atoms with Crippen LogP contribution in [0.1, 0.15) is 25.8 Å². The van der Waals surface area contributed by atoms with E-state index in [1.807, 2.05) is 26.0 Å². The summed E-state index contributed by atoms with van der Waals surface area (Å²) in [5.41, 5.74) is 0.910. The Morgan fingerprint density at radius 3 is 2.53 bits per heavy atom. The fourth-order valence-corrected chi connectivity index (χ4v) is 2.24. The van der Waals surface area contributed by atoms with Crippen LogP contribution in [0, 0.1) is 0 Å². The molecule has 0 saturated carbocycles. The van der Waals surface area contributed by atoms with E-state index in [4.69, 9.17) is 14.6 Å². The van der Waals surface area contributed by atoms with E-state index in [9.17, 15) is 4.79 Å². The monoisotopic (exact) mass is 300 g/mol. The largest absolute Gasteiger partial charge is 0.481 e. The average Bonchev–Trinajstić information content (AvgIpc) is 2.47. The van der Waals surface area contributed by atoms with Crippen LogP contribution < -0.4 is 9.47 Å². The number of hydrogen-bond acceptors (Lipinski definition) is 3. The molecule has 1 aromatic rings. The zero-order chi connectivity index (χ0) is 12.6. The van der Waals surface area contributed by atoms with Crippen molar-refractivity contribution in [2.75, 3.05) is 0 Å².